The molecule has 4 unspecified atom stereocenters. The van der Waals surface area contributed by atoms with Crippen LogP contribution in [0.1, 0.15) is 44.6 Å². The number of amides is 1. The first-order chi connectivity index (χ1) is 11.1. The van der Waals surface area contributed by atoms with Crippen molar-refractivity contribution in [3.63, 3.8) is 0 Å². The normalized spacial score (nSPS) is 41.4. The van der Waals surface area contributed by atoms with Gasteiger partial charge in [0, 0.05) is 24.1 Å². The van der Waals surface area contributed by atoms with E-state index in [4.69, 9.17) is 0 Å². The van der Waals surface area contributed by atoms with Crippen LogP contribution in [0.25, 0.3) is 0 Å². The van der Waals surface area contributed by atoms with Gasteiger partial charge in [0.1, 0.15) is 0 Å². The third-order valence-corrected chi connectivity index (χ3v) is 6.99. The van der Waals surface area contributed by atoms with Crippen LogP contribution in [0.15, 0.2) is 24.3 Å². The molecule has 122 valence electrons. The number of carbonyl (C=O) groups excluding carboxylic acids is 1. The summed E-state index contributed by atoms with van der Waals surface area (Å²) in [6, 6.07) is 8.80. The molecule has 0 aromatic heterocycles. The molecule has 4 aliphatic rings. The van der Waals surface area contributed by atoms with E-state index >= 15 is 0 Å². The summed E-state index contributed by atoms with van der Waals surface area (Å²) in [6.45, 7) is 3.82. The summed E-state index contributed by atoms with van der Waals surface area (Å²) in [6.07, 6.45) is 4.79. The van der Waals surface area contributed by atoms with Gasteiger partial charge in [-0.05, 0) is 56.8 Å². The molecule has 1 aromatic carbocycles. The molecule has 5 rings (SSSR count). The Morgan fingerprint density at radius 3 is 2.87 bits per heavy atom. The van der Waals surface area contributed by atoms with Crippen molar-refractivity contribution in [2.24, 2.45) is 0 Å². The summed E-state index contributed by atoms with van der Waals surface area (Å²) in [4.78, 5) is 17.0. The second kappa shape index (κ2) is 4.37. The molecule has 2 saturated heterocycles. The van der Waals surface area contributed by atoms with Crippen LogP contribution in [0.5, 0.6) is 0 Å². The Hall–Kier alpha value is -1.39. The highest BCUT2D eigenvalue weighted by atomic mass is 16.3. The zero-order valence-electron chi connectivity index (χ0n) is 13.7. The Morgan fingerprint density at radius 1 is 1.22 bits per heavy atom. The van der Waals surface area contributed by atoms with E-state index in [1.54, 1.807) is 6.92 Å². The second-order valence-corrected chi connectivity index (χ2v) is 7.90. The predicted molar refractivity (Wildman–Crippen MR) is 88.5 cm³/mol. The first-order valence-corrected chi connectivity index (χ1v) is 8.94. The van der Waals surface area contributed by atoms with Crippen molar-refractivity contribution < 1.29 is 9.90 Å². The number of hydrogen-bond acceptors (Lipinski definition) is 3. The lowest BCUT2D eigenvalue weighted by molar-refractivity contribution is -0.123. The molecule has 1 saturated carbocycles. The molecule has 4 heteroatoms. The summed E-state index contributed by atoms with van der Waals surface area (Å²) in [5.41, 5.74) is 1.73. The van der Waals surface area contributed by atoms with E-state index < -0.39 is 5.60 Å². The number of fused-ring (bicyclic) bond motifs is 1. The Labute approximate surface area is 137 Å². The quantitative estimate of drug-likeness (QED) is 0.797. The number of para-hydroxylation sites is 1. The fourth-order valence-electron chi connectivity index (χ4n) is 6.42. The lowest BCUT2D eigenvalue weighted by atomic mass is 9.58. The molecule has 1 aliphatic carbocycles. The minimum Gasteiger partial charge on any atom is -0.388 e. The van der Waals surface area contributed by atoms with Crippen LogP contribution in [0.4, 0.5) is 5.69 Å². The fourth-order valence-corrected chi connectivity index (χ4v) is 6.42. The number of hydrogen-bond donors (Lipinski definition) is 1. The molecular formula is C19H24N2O2. The number of rotatable bonds is 0. The van der Waals surface area contributed by atoms with Gasteiger partial charge in [0.05, 0.1) is 11.6 Å². The first kappa shape index (κ1) is 14.0. The van der Waals surface area contributed by atoms with Crippen LogP contribution in [0.3, 0.4) is 0 Å². The SMILES string of the molecule is CC(=O)N1c2ccccc2C23CCN4CCCC(O)(CCC12)C43. The van der Waals surface area contributed by atoms with Gasteiger partial charge in [-0.15, -0.1) is 0 Å². The standard InChI is InChI=1S/C19H24N2O2/c1-13(22)21-15-6-3-2-5-14(15)19-10-12-20-11-4-8-18(23,17(19)20)9-7-16(19)21/h2-3,5-6,16-17,23H,4,7-12H2,1H3. The van der Waals surface area contributed by atoms with Crippen LogP contribution in [-0.4, -0.2) is 46.7 Å². The summed E-state index contributed by atoms with van der Waals surface area (Å²) in [7, 11) is 0. The molecule has 23 heavy (non-hydrogen) atoms. The lowest BCUT2D eigenvalue weighted by Gasteiger charge is -2.56. The maximum atomic E-state index is 12.4. The van der Waals surface area contributed by atoms with Crippen LogP contribution < -0.4 is 4.90 Å². The van der Waals surface area contributed by atoms with Crippen molar-refractivity contribution in [1.29, 1.82) is 0 Å². The monoisotopic (exact) mass is 312 g/mol. The number of carbonyl (C=O) groups is 1. The maximum Gasteiger partial charge on any atom is 0.224 e. The lowest BCUT2D eigenvalue weighted by Crippen LogP contribution is -2.68. The van der Waals surface area contributed by atoms with Crippen molar-refractivity contribution in [2.45, 2.75) is 62.1 Å². The summed E-state index contributed by atoms with van der Waals surface area (Å²) in [5.74, 6) is 0.138. The molecule has 1 amide bonds. The molecule has 1 aromatic rings. The highest BCUT2D eigenvalue weighted by Crippen LogP contribution is 2.61. The van der Waals surface area contributed by atoms with E-state index in [1.807, 2.05) is 11.0 Å². The largest absolute Gasteiger partial charge is 0.388 e. The second-order valence-electron chi connectivity index (χ2n) is 7.90. The van der Waals surface area contributed by atoms with Gasteiger partial charge in [-0.2, -0.15) is 0 Å². The number of aliphatic hydroxyl groups is 1. The number of anilines is 1. The smallest absolute Gasteiger partial charge is 0.224 e. The van der Waals surface area contributed by atoms with E-state index in [9.17, 15) is 9.90 Å². The molecule has 1 N–H and O–H groups in total. The summed E-state index contributed by atoms with van der Waals surface area (Å²) < 4.78 is 0. The Morgan fingerprint density at radius 2 is 2.04 bits per heavy atom. The van der Waals surface area contributed by atoms with Gasteiger partial charge >= 0.3 is 0 Å². The third-order valence-electron chi connectivity index (χ3n) is 6.99. The molecule has 0 radical (unpaired) electrons. The minimum absolute atomic E-state index is 0.0737. The van der Waals surface area contributed by atoms with Gasteiger partial charge in [0.15, 0.2) is 0 Å². The molecule has 3 aliphatic heterocycles. The molecular weight excluding hydrogens is 288 g/mol. The van der Waals surface area contributed by atoms with Gasteiger partial charge in [0.2, 0.25) is 5.91 Å². The average Bonchev–Trinajstić information content (AvgIpc) is 3.06. The van der Waals surface area contributed by atoms with Crippen molar-refractivity contribution in [2.75, 3.05) is 18.0 Å². The Bertz CT molecular complexity index is 690. The minimum atomic E-state index is -0.578. The molecule has 3 heterocycles. The van der Waals surface area contributed by atoms with Crippen LogP contribution in [0, 0.1) is 0 Å². The highest BCUT2D eigenvalue weighted by Gasteiger charge is 2.68. The number of benzene rings is 1. The van der Waals surface area contributed by atoms with E-state index in [-0.39, 0.29) is 23.4 Å². The number of piperidine rings is 1. The molecule has 4 atom stereocenters. The van der Waals surface area contributed by atoms with Crippen LogP contribution >= 0.6 is 0 Å². The van der Waals surface area contributed by atoms with Gasteiger partial charge < -0.3 is 10.0 Å². The predicted octanol–water partition coefficient (Wildman–Crippen LogP) is 2.05. The first-order valence-electron chi connectivity index (χ1n) is 8.94. The zero-order chi connectivity index (χ0) is 15.8. The molecule has 1 spiro atoms. The maximum absolute atomic E-state index is 12.4. The summed E-state index contributed by atoms with van der Waals surface area (Å²) >= 11 is 0. The Balaban J connectivity index is 1.75. The van der Waals surface area contributed by atoms with Crippen LogP contribution in [-0.2, 0) is 10.2 Å². The van der Waals surface area contributed by atoms with E-state index in [0.29, 0.717) is 0 Å². The summed E-state index contributed by atoms with van der Waals surface area (Å²) in [5, 5.41) is 11.4. The topological polar surface area (TPSA) is 43.8 Å². The average molecular weight is 312 g/mol. The number of nitrogens with zero attached hydrogens (tertiary/aromatic N) is 2. The molecule has 3 fully saturated rings. The van der Waals surface area contributed by atoms with Gasteiger partial charge in [-0.3, -0.25) is 9.69 Å². The fraction of sp³-hybridized carbons (Fsp3) is 0.632. The van der Waals surface area contributed by atoms with Gasteiger partial charge in [0.25, 0.3) is 0 Å². The zero-order valence-corrected chi connectivity index (χ0v) is 13.7. The molecule has 4 nitrogen and oxygen atoms in total. The van der Waals surface area contributed by atoms with E-state index in [0.717, 1.165) is 50.9 Å². The van der Waals surface area contributed by atoms with Gasteiger partial charge in [-0.25, -0.2) is 0 Å². The molecule has 0 bridgehead atoms. The van der Waals surface area contributed by atoms with Crippen LogP contribution in [0.2, 0.25) is 0 Å². The van der Waals surface area contributed by atoms with Crippen molar-refractivity contribution in [1.82, 2.24) is 4.90 Å². The highest BCUT2D eigenvalue weighted by molar-refractivity contribution is 5.96. The van der Waals surface area contributed by atoms with E-state index in [1.165, 1.54) is 5.56 Å². The van der Waals surface area contributed by atoms with Crippen molar-refractivity contribution >= 4 is 11.6 Å². The van der Waals surface area contributed by atoms with Gasteiger partial charge in [-0.1, -0.05) is 18.2 Å². The Kier molecular flexibility index (Phi) is 2.66. The van der Waals surface area contributed by atoms with E-state index in [2.05, 4.69) is 23.1 Å². The van der Waals surface area contributed by atoms with Crippen molar-refractivity contribution in [3.05, 3.63) is 29.8 Å². The van der Waals surface area contributed by atoms with Crippen molar-refractivity contribution in [3.8, 4) is 0 Å². The third kappa shape index (κ3) is 1.52.